The van der Waals surface area contributed by atoms with E-state index in [1.807, 2.05) is 6.20 Å². The van der Waals surface area contributed by atoms with E-state index in [2.05, 4.69) is 41.1 Å². The summed E-state index contributed by atoms with van der Waals surface area (Å²) in [7, 11) is 0. The van der Waals surface area contributed by atoms with E-state index in [0.29, 0.717) is 5.13 Å². The molecular weight excluding hydrogens is 318 g/mol. The number of aryl methyl sites for hydroxylation is 1. The van der Waals surface area contributed by atoms with Crippen molar-refractivity contribution in [3.05, 3.63) is 46.5 Å². The summed E-state index contributed by atoms with van der Waals surface area (Å²) in [6, 6.07) is 8.78. The van der Waals surface area contributed by atoms with Crippen molar-refractivity contribution in [2.75, 3.05) is 25.4 Å². The second-order valence-electron chi connectivity index (χ2n) is 5.35. The zero-order valence-corrected chi connectivity index (χ0v) is 14.3. The zero-order chi connectivity index (χ0) is 14.7. The third kappa shape index (κ3) is 4.20. The maximum atomic E-state index is 5.93. The van der Waals surface area contributed by atoms with Crippen LogP contribution < -0.4 is 5.73 Å². The van der Waals surface area contributed by atoms with Gasteiger partial charge in [0.2, 0.25) is 0 Å². The molecule has 0 bridgehead atoms. The molecule has 1 atom stereocenters. The lowest BCUT2D eigenvalue weighted by Gasteiger charge is -2.32. The minimum Gasteiger partial charge on any atom is -0.375 e. The summed E-state index contributed by atoms with van der Waals surface area (Å²) in [5.41, 5.74) is 8.33. The van der Waals surface area contributed by atoms with Gasteiger partial charge in [0.25, 0.3) is 0 Å². The van der Waals surface area contributed by atoms with E-state index in [4.69, 9.17) is 10.5 Å². The first-order valence-corrected chi connectivity index (χ1v) is 8.19. The molecule has 0 radical (unpaired) electrons. The number of morpholine rings is 1. The van der Waals surface area contributed by atoms with Gasteiger partial charge >= 0.3 is 0 Å². The molecule has 22 heavy (non-hydrogen) atoms. The number of thiazole rings is 1. The molecule has 1 aromatic heterocycles. The van der Waals surface area contributed by atoms with Gasteiger partial charge in [-0.05, 0) is 17.5 Å². The molecular formula is C16H22ClN3OS. The minimum atomic E-state index is 0. The smallest absolute Gasteiger partial charge is 0.180 e. The second kappa shape index (κ2) is 7.92. The van der Waals surface area contributed by atoms with Crippen molar-refractivity contribution >= 4 is 28.9 Å². The van der Waals surface area contributed by atoms with Gasteiger partial charge in [-0.25, -0.2) is 4.98 Å². The van der Waals surface area contributed by atoms with Gasteiger partial charge in [-0.2, -0.15) is 0 Å². The summed E-state index contributed by atoms with van der Waals surface area (Å²) in [4.78, 5) is 7.75. The van der Waals surface area contributed by atoms with Crippen LogP contribution in [0.4, 0.5) is 5.13 Å². The van der Waals surface area contributed by atoms with Crippen molar-refractivity contribution in [1.82, 2.24) is 9.88 Å². The molecule has 1 fully saturated rings. The van der Waals surface area contributed by atoms with Crippen LogP contribution in [-0.4, -0.2) is 29.6 Å². The van der Waals surface area contributed by atoms with Gasteiger partial charge in [0.05, 0.1) is 12.7 Å². The third-order valence-electron chi connectivity index (χ3n) is 3.86. The van der Waals surface area contributed by atoms with E-state index in [9.17, 15) is 0 Å². The standard InChI is InChI=1S/C16H21N3OS.ClH/c1-2-12-3-5-13(6-4-12)15-11-19(7-8-20-15)10-14-9-18-16(17)21-14;/h3-6,9,15H,2,7-8,10-11H2,1H3,(H2,17,18);1H. The molecule has 2 aromatic rings. The van der Waals surface area contributed by atoms with Gasteiger partial charge in [-0.15, -0.1) is 23.7 Å². The van der Waals surface area contributed by atoms with Gasteiger partial charge in [-0.3, -0.25) is 4.90 Å². The average Bonchev–Trinajstić information content (AvgIpc) is 2.93. The Labute approximate surface area is 141 Å². The molecule has 1 aliphatic rings. The van der Waals surface area contributed by atoms with E-state index in [-0.39, 0.29) is 18.5 Å². The fraction of sp³-hybridized carbons (Fsp3) is 0.438. The number of hydrogen-bond acceptors (Lipinski definition) is 5. The third-order valence-corrected chi connectivity index (χ3v) is 4.67. The molecule has 2 heterocycles. The number of nitrogens with zero attached hydrogens (tertiary/aromatic N) is 2. The highest BCUT2D eigenvalue weighted by molar-refractivity contribution is 7.15. The number of halogens is 1. The maximum Gasteiger partial charge on any atom is 0.180 e. The van der Waals surface area contributed by atoms with Crippen molar-refractivity contribution in [3.63, 3.8) is 0 Å². The summed E-state index contributed by atoms with van der Waals surface area (Å²) >= 11 is 1.57. The fourth-order valence-electron chi connectivity index (χ4n) is 2.63. The fourth-order valence-corrected chi connectivity index (χ4v) is 3.36. The predicted octanol–water partition coefficient (Wildman–Crippen LogP) is 3.28. The summed E-state index contributed by atoms with van der Waals surface area (Å²) < 4.78 is 5.93. The van der Waals surface area contributed by atoms with Crippen LogP contribution in [0.5, 0.6) is 0 Å². The van der Waals surface area contributed by atoms with Crippen LogP contribution in [0.2, 0.25) is 0 Å². The Kier molecular flexibility index (Phi) is 6.20. The molecule has 2 N–H and O–H groups in total. The van der Waals surface area contributed by atoms with Gasteiger partial charge in [-0.1, -0.05) is 31.2 Å². The highest BCUT2D eigenvalue weighted by Crippen LogP contribution is 2.25. The summed E-state index contributed by atoms with van der Waals surface area (Å²) in [5, 5.41) is 0.643. The van der Waals surface area contributed by atoms with Crippen LogP contribution in [0.25, 0.3) is 0 Å². The number of anilines is 1. The molecule has 4 nitrogen and oxygen atoms in total. The maximum absolute atomic E-state index is 5.93. The quantitative estimate of drug-likeness (QED) is 0.928. The van der Waals surface area contributed by atoms with Crippen molar-refractivity contribution < 1.29 is 4.74 Å². The van der Waals surface area contributed by atoms with Crippen molar-refractivity contribution in [2.24, 2.45) is 0 Å². The average molecular weight is 340 g/mol. The number of nitrogen functional groups attached to an aromatic ring is 1. The minimum absolute atomic E-state index is 0. The number of benzene rings is 1. The Morgan fingerprint density at radius 1 is 1.36 bits per heavy atom. The van der Waals surface area contributed by atoms with E-state index in [0.717, 1.165) is 32.7 Å². The molecule has 6 heteroatoms. The van der Waals surface area contributed by atoms with E-state index in [1.165, 1.54) is 16.0 Å². The highest BCUT2D eigenvalue weighted by atomic mass is 35.5. The monoisotopic (exact) mass is 339 g/mol. The summed E-state index contributed by atoms with van der Waals surface area (Å²) in [6.07, 6.45) is 3.11. The van der Waals surface area contributed by atoms with Crippen LogP contribution in [0, 0.1) is 0 Å². The van der Waals surface area contributed by atoms with E-state index in [1.54, 1.807) is 11.3 Å². The first-order chi connectivity index (χ1) is 10.2. The molecule has 0 spiro atoms. The Morgan fingerprint density at radius 2 is 2.14 bits per heavy atom. The van der Waals surface area contributed by atoms with Crippen LogP contribution in [0.3, 0.4) is 0 Å². The molecule has 1 unspecified atom stereocenters. The van der Waals surface area contributed by atoms with Crippen LogP contribution in [0.1, 0.15) is 29.0 Å². The second-order valence-corrected chi connectivity index (χ2v) is 6.50. The summed E-state index contributed by atoms with van der Waals surface area (Å²) in [5.74, 6) is 0. The van der Waals surface area contributed by atoms with Crippen molar-refractivity contribution in [2.45, 2.75) is 26.0 Å². The lowest BCUT2D eigenvalue weighted by Crippen LogP contribution is -2.37. The SMILES string of the molecule is CCc1ccc(C2CN(Cc3cnc(N)s3)CCO2)cc1.Cl. The van der Waals surface area contributed by atoms with Crippen LogP contribution in [0.15, 0.2) is 30.5 Å². The number of hydrogen-bond donors (Lipinski definition) is 1. The molecule has 1 aromatic carbocycles. The number of ether oxygens (including phenoxy) is 1. The molecule has 1 saturated heterocycles. The van der Waals surface area contributed by atoms with Crippen molar-refractivity contribution in [1.29, 1.82) is 0 Å². The number of aromatic nitrogens is 1. The predicted molar refractivity (Wildman–Crippen MR) is 93.6 cm³/mol. The first-order valence-electron chi connectivity index (χ1n) is 7.37. The Balaban J connectivity index is 0.00000176. The molecule has 1 aliphatic heterocycles. The van der Waals surface area contributed by atoms with Gasteiger partial charge in [0, 0.05) is 30.7 Å². The van der Waals surface area contributed by atoms with Crippen LogP contribution >= 0.6 is 23.7 Å². The van der Waals surface area contributed by atoms with Gasteiger partial charge < -0.3 is 10.5 Å². The Bertz CT molecular complexity index is 587. The molecule has 0 saturated carbocycles. The van der Waals surface area contributed by atoms with E-state index >= 15 is 0 Å². The molecule has 0 amide bonds. The van der Waals surface area contributed by atoms with Gasteiger partial charge in [0.15, 0.2) is 5.13 Å². The first kappa shape index (κ1) is 17.2. The molecule has 3 rings (SSSR count). The van der Waals surface area contributed by atoms with Gasteiger partial charge in [0.1, 0.15) is 0 Å². The topological polar surface area (TPSA) is 51.4 Å². The number of nitrogens with two attached hydrogens (primary N) is 1. The lowest BCUT2D eigenvalue weighted by atomic mass is 10.0. The molecule has 0 aliphatic carbocycles. The normalized spacial score (nSPS) is 18.9. The number of rotatable bonds is 4. The van der Waals surface area contributed by atoms with Crippen LogP contribution in [-0.2, 0) is 17.7 Å². The summed E-state index contributed by atoms with van der Waals surface area (Å²) in [6.45, 7) is 5.73. The highest BCUT2D eigenvalue weighted by Gasteiger charge is 2.22. The zero-order valence-electron chi connectivity index (χ0n) is 12.7. The largest absolute Gasteiger partial charge is 0.375 e. The molecule has 120 valence electrons. The lowest BCUT2D eigenvalue weighted by molar-refractivity contribution is -0.0326. The Morgan fingerprint density at radius 3 is 2.77 bits per heavy atom. The van der Waals surface area contributed by atoms with E-state index < -0.39 is 0 Å². The Hall–Kier alpha value is -1.14. The van der Waals surface area contributed by atoms with Crippen molar-refractivity contribution in [3.8, 4) is 0 Å².